The summed E-state index contributed by atoms with van der Waals surface area (Å²) in [6.07, 6.45) is 3.78. The van der Waals surface area contributed by atoms with Crippen LogP contribution in [0.2, 0.25) is 0 Å². The van der Waals surface area contributed by atoms with Crippen molar-refractivity contribution < 1.29 is 14.6 Å². The van der Waals surface area contributed by atoms with Gasteiger partial charge in [-0.1, -0.05) is 0 Å². The van der Waals surface area contributed by atoms with Crippen molar-refractivity contribution in [3.8, 4) is 0 Å². The number of hydrogen-bond donors (Lipinski definition) is 1. The molecule has 1 N–H and O–H groups in total. The summed E-state index contributed by atoms with van der Waals surface area (Å²) >= 11 is 0. The first kappa shape index (κ1) is 12.0. The van der Waals surface area contributed by atoms with Crippen molar-refractivity contribution in [1.29, 1.82) is 0 Å². The molecule has 1 fully saturated rings. The molecule has 0 spiro atoms. The Morgan fingerprint density at radius 1 is 1.53 bits per heavy atom. The molecule has 1 atom stereocenters. The van der Waals surface area contributed by atoms with Gasteiger partial charge in [0.2, 0.25) is 0 Å². The number of aliphatic carboxylic acids is 1. The third-order valence-corrected chi connectivity index (χ3v) is 2.89. The van der Waals surface area contributed by atoms with Crippen LogP contribution in [0, 0.1) is 0 Å². The van der Waals surface area contributed by atoms with E-state index in [-0.39, 0.29) is 0 Å². The van der Waals surface area contributed by atoms with Gasteiger partial charge in [-0.2, -0.15) is 0 Å². The van der Waals surface area contributed by atoms with E-state index in [1.54, 1.807) is 12.4 Å². The van der Waals surface area contributed by atoms with Gasteiger partial charge in [-0.15, -0.1) is 0 Å². The van der Waals surface area contributed by atoms with Crippen LogP contribution in [-0.4, -0.2) is 53.3 Å². The smallest absolute Gasteiger partial charge is 0.334 e. The number of carboxylic acid groups (broad SMARTS) is 1. The Hall–Kier alpha value is -1.46. The highest BCUT2D eigenvalue weighted by atomic mass is 16.5. The minimum absolute atomic E-state index is 0.473. The lowest BCUT2D eigenvalue weighted by Crippen LogP contribution is -2.46. The second-order valence-electron chi connectivity index (χ2n) is 4.10. The molecule has 1 aromatic heterocycles. The van der Waals surface area contributed by atoms with Crippen LogP contribution in [0.5, 0.6) is 0 Å². The van der Waals surface area contributed by atoms with E-state index in [0.29, 0.717) is 13.2 Å². The Morgan fingerprint density at radius 2 is 2.29 bits per heavy atom. The second-order valence-corrected chi connectivity index (χ2v) is 4.10. The van der Waals surface area contributed by atoms with Crippen LogP contribution in [0.25, 0.3) is 0 Å². The van der Waals surface area contributed by atoms with Crippen LogP contribution in [0.15, 0.2) is 24.5 Å². The molecule has 1 aliphatic rings. The zero-order chi connectivity index (χ0) is 12.1. The fourth-order valence-electron chi connectivity index (χ4n) is 1.89. The summed E-state index contributed by atoms with van der Waals surface area (Å²) < 4.78 is 5.17. The van der Waals surface area contributed by atoms with Crippen molar-refractivity contribution >= 4 is 5.97 Å². The van der Waals surface area contributed by atoms with Crippen LogP contribution in [0.3, 0.4) is 0 Å². The summed E-state index contributed by atoms with van der Waals surface area (Å²) in [6, 6.07) is 3.96. The van der Waals surface area contributed by atoms with Crippen LogP contribution in [0.4, 0.5) is 0 Å². The van der Waals surface area contributed by atoms with Gasteiger partial charge in [-0.05, 0) is 24.1 Å². The van der Waals surface area contributed by atoms with Gasteiger partial charge >= 0.3 is 5.97 Å². The fourth-order valence-corrected chi connectivity index (χ4v) is 1.89. The molecule has 5 heteroatoms. The first-order chi connectivity index (χ1) is 8.25. The quantitative estimate of drug-likeness (QED) is 0.820. The highest BCUT2D eigenvalue weighted by Gasteiger charge is 2.25. The topological polar surface area (TPSA) is 62.7 Å². The number of aromatic nitrogens is 1. The van der Waals surface area contributed by atoms with Gasteiger partial charge in [0.05, 0.1) is 6.61 Å². The van der Waals surface area contributed by atoms with Crippen molar-refractivity contribution in [2.75, 3.05) is 26.2 Å². The lowest BCUT2D eigenvalue weighted by molar-refractivity contribution is -0.155. The van der Waals surface area contributed by atoms with E-state index in [4.69, 9.17) is 9.84 Å². The summed E-state index contributed by atoms with van der Waals surface area (Å²) in [5.74, 6) is -0.876. The van der Waals surface area contributed by atoms with Crippen molar-refractivity contribution in [2.45, 2.75) is 12.5 Å². The minimum atomic E-state index is -0.876. The van der Waals surface area contributed by atoms with E-state index in [0.717, 1.165) is 19.5 Å². The van der Waals surface area contributed by atoms with Crippen LogP contribution >= 0.6 is 0 Å². The minimum Gasteiger partial charge on any atom is -0.479 e. The van der Waals surface area contributed by atoms with Gasteiger partial charge in [-0.25, -0.2) is 4.79 Å². The Labute approximate surface area is 100 Å². The number of carbonyl (C=O) groups is 1. The zero-order valence-electron chi connectivity index (χ0n) is 9.58. The van der Waals surface area contributed by atoms with Gasteiger partial charge in [0, 0.05) is 32.0 Å². The van der Waals surface area contributed by atoms with Crippen molar-refractivity contribution in [3.63, 3.8) is 0 Å². The lowest BCUT2D eigenvalue weighted by atomic mass is 10.2. The van der Waals surface area contributed by atoms with E-state index in [9.17, 15) is 4.79 Å². The number of ether oxygens (including phenoxy) is 1. The molecule has 17 heavy (non-hydrogen) atoms. The average Bonchev–Trinajstić information content (AvgIpc) is 2.38. The summed E-state index contributed by atoms with van der Waals surface area (Å²) in [4.78, 5) is 16.9. The number of morpholine rings is 1. The van der Waals surface area contributed by atoms with Crippen molar-refractivity contribution in [1.82, 2.24) is 9.88 Å². The molecule has 92 valence electrons. The third kappa shape index (κ3) is 3.51. The van der Waals surface area contributed by atoms with E-state index >= 15 is 0 Å². The van der Waals surface area contributed by atoms with Crippen LogP contribution in [0.1, 0.15) is 5.56 Å². The third-order valence-electron chi connectivity index (χ3n) is 2.89. The molecule has 2 rings (SSSR count). The van der Waals surface area contributed by atoms with Crippen molar-refractivity contribution in [2.24, 2.45) is 0 Å². The number of rotatable bonds is 4. The average molecular weight is 236 g/mol. The molecular formula is C12H16N2O3. The summed E-state index contributed by atoms with van der Waals surface area (Å²) in [5.41, 5.74) is 1.22. The summed E-state index contributed by atoms with van der Waals surface area (Å²) in [5, 5.41) is 8.88. The molecule has 0 saturated carbocycles. The van der Waals surface area contributed by atoms with E-state index in [1.807, 2.05) is 12.1 Å². The molecule has 1 unspecified atom stereocenters. The first-order valence-corrected chi connectivity index (χ1v) is 5.71. The molecule has 1 aromatic rings. The van der Waals surface area contributed by atoms with E-state index < -0.39 is 12.1 Å². The molecule has 0 aromatic carbocycles. The molecule has 5 nitrogen and oxygen atoms in total. The normalized spacial score (nSPS) is 21.3. The molecular weight excluding hydrogens is 220 g/mol. The zero-order valence-corrected chi connectivity index (χ0v) is 9.58. The monoisotopic (exact) mass is 236 g/mol. The van der Waals surface area contributed by atoms with Gasteiger partial charge in [-0.3, -0.25) is 9.88 Å². The van der Waals surface area contributed by atoms with Crippen molar-refractivity contribution in [3.05, 3.63) is 30.1 Å². The van der Waals surface area contributed by atoms with Gasteiger partial charge < -0.3 is 9.84 Å². The van der Waals surface area contributed by atoms with E-state index in [1.165, 1.54) is 5.56 Å². The molecule has 0 radical (unpaired) electrons. The molecule has 0 aliphatic carbocycles. The summed E-state index contributed by atoms with van der Waals surface area (Å²) in [6.45, 7) is 2.62. The number of carboxylic acids is 1. The Kier molecular flexibility index (Phi) is 4.06. The largest absolute Gasteiger partial charge is 0.479 e. The lowest BCUT2D eigenvalue weighted by Gasteiger charge is -2.30. The van der Waals surface area contributed by atoms with E-state index in [2.05, 4.69) is 9.88 Å². The highest BCUT2D eigenvalue weighted by Crippen LogP contribution is 2.07. The molecule has 0 amide bonds. The second kappa shape index (κ2) is 5.75. The van der Waals surface area contributed by atoms with Gasteiger partial charge in [0.1, 0.15) is 0 Å². The Balaban J connectivity index is 1.81. The molecule has 1 saturated heterocycles. The molecule has 2 heterocycles. The maximum Gasteiger partial charge on any atom is 0.334 e. The van der Waals surface area contributed by atoms with Crippen LogP contribution < -0.4 is 0 Å². The van der Waals surface area contributed by atoms with Gasteiger partial charge in [0.15, 0.2) is 6.10 Å². The first-order valence-electron chi connectivity index (χ1n) is 5.71. The van der Waals surface area contributed by atoms with Gasteiger partial charge in [0.25, 0.3) is 0 Å². The maximum absolute atomic E-state index is 10.8. The Bertz CT molecular complexity index is 369. The predicted octanol–water partition coefficient (Wildman–Crippen LogP) is 0.409. The predicted molar refractivity (Wildman–Crippen MR) is 61.8 cm³/mol. The molecule has 1 aliphatic heterocycles. The number of pyridine rings is 1. The van der Waals surface area contributed by atoms with Crippen LogP contribution in [-0.2, 0) is 16.0 Å². The molecule has 0 bridgehead atoms. The number of hydrogen-bond acceptors (Lipinski definition) is 4. The Morgan fingerprint density at radius 3 is 3.00 bits per heavy atom. The number of nitrogens with zero attached hydrogens (tertiary/aromatic N) is 2. The summed E-state index contributed by atoms with van der Waals surface area (Å²) in [7, 11) is 0. The SMILES string of the molecule is O=C(O)C1CN(CCc2ccncc2)CCO1. The maximum atomic E-state index is 10.8. The standard InChI is InChI=1S/C12H16N2O3/c15-12(16)11-9-14(7-8-17-11)6-3-10-1-4-13-5-2-10/h1-2,4-5,11H,3,6-9H2,(H,15,16). The fraction of sp³-hybridized carbons (Fsp3) is 0.500. The highest BCUT2D eigenvalue weighted by molar-refractivity contribution is 5.72.